The summed E-state index contributed by atoms with van der Waals surface area (Å²) >= 11 is 0. The Balaban J connectivity index is 1.72. The Kier molecular flexibility index (Phi) is 5.74. The number of hydrogen-bond donors (Lipinski definition) is 0. The van der Waals surface area contributed by atoms with Gasteiger partial charge in [0.1, 0.15) is 29.1 Å². The van der Waals surface area contributed by atoms with E-state index in [1.54, 1.807) is 48.5 Å². The van der Waals surface area contributed by atoms with Crippen molar-refractivity contribution in [1.29, 1.82) is 0 Å². The molecule has 10 heteroatoms. The molecule has 4 rings (SSSR count). The maximum atomic E-state index is 13.1. The lowest BCUT2D eigenvalue weighted by molar-refractivity contribution is 0.0731. The van der Waals surface area contributed by atoms with Crippen molar-refractivity contribution in [1.82, 2.24) is 24.5 Å². The number of carbonyl (C=O) groups is 1. The van der Waals surface area contributed by atoms with Crippen molar-refractivity contribution >= 4 is 18.0 Å². The van der Waals surface area contributed by atoms with Crippen molar-refractivity contribution in [2.24, 2.45) is 5.10 Å². The van der Waals surface area contributed by atoms with Crippen molar-refractivity contribution in [3.05, 3.63) is 82.0 Å². The highest BCUT2D eigenvalue weighted by Gasteiger charge is 2.24. The second-order valence-electron chi connectivity index (χ2n) is 8.16. The van der Waals surface area contributed by atoms with Gasteiger partial charge in [-0.15, -0.1) is 10.2 Å². The van der Waals surface area contributed by atoms with Crippen molar-refractivity contribution in [3.63, 3.8) is 0 Å². The monoisotopic (exact) mass is 446 g/mol. The van der Waals surface area contributed by atoms with Gasteiger partial charge in [0.2, 0.25) is 0 Å². The van der Waals surface area contributed by atoms with Gasteiger partial charge in [0.15, 0.2) is 0 Å². The number of carbonyl (C=O) groups excluding carboxylic acids is 1. The van der Waals surface area contributed by atoms with Gasteiger partial charge in [0.05, 0.1) is 13.3 Å². The summed E-state index contributed by atoms with van der Waals surface area (Å²) in [6.45, 7) is 5.65. The SMILES string of the molecule is COc1ccccc1C(=O)Oc1ccccc1C=Nn1c(=O)c(C(C)(C)C)nn2cnnc12. The van der Waals surface area contributed by atoms with Crippen molar-refractivity contribution in [2.45, 2.75) is 26.2 Å². The maximum absolute atomic E-state index is 13.1. The van der Waals surface area contributed by atoms with Crippen LogP contribution in [0.25, 0.3) is 5.78 Å². The number of esters is 1. The summed E-state index contributed by atoms with van der Waals surface area (Å²) in [5, 5.41) is 16.4. The van der Waals surface area contributed by atoms with E-state index in [-0.39, 0.29) is 17.1 Å². The minimum atomic E-state index is -0.579. The predicted molar refractivity (Wildman–Crippen MR) is 121 cm³/mol. The average molecular weight is 446 g/mol. The largest absolute Gasteiger partial charge is 0.496 e. The van der Waals surface area contributed by atoms with Gasteiger partial charge < -0.3 is 9.47 Å². The van der Waals surface area contributed by atoms with Crippen LogP contribution in [0.4, 0.5) is 0 Å². The number of hydrogen-bond acceptors (Lipinski definition) is 8. The van der Waals surface area contributed by atoms with E-state index in [2.05, 4.69) is 20.4 Å². The van der Waals surface area contributed by atoms with Gasteiger partial charge in [0, 0.05) is 11.0 Å². The Morgan fingerprint density at radius 1 is 1.06 bits per heavy atom. The molecule has 0 bridgehead atoms. The topological polar surface area (TPSA) is 113 Å². The number of fused-ring (bicyclic) bond motifs is 1. The number of aromatic nitrogens is 5. The molecule has 2 aromatic carbocycles. The lowest BCUT2D eigenvalue weighted by Crippen LogP contribution is -2.33. The highest BCUT2D eigenvalue weighted by atomic mass is 16.5. The van der Waals surface area contributed by atoms with Gasteiger partial charge in [-0.3, -0.25) is 4.79 Å². The lowest BCUT2D eigenvalue weighted by Gasteiger charge is -2.17. The van der Waals surface area contributed by atoms with Gasteiger partial charge in [-0.1, -0.05) is 45.0 Å². The Morgan fingerprint density at radius 2 is 1.76 bits per heavy atom. The molecule has 2 aromatic heterocycles. The molecule has 0 fully saturated rings. The number of para-hydroxylation sites is 2. The molecule has 0 atom stereocenters. The van der Waals surface area contributed by atoms with Gasteiger partial charge in [0.25, 0.3) is 11.3 Å². The average Bonchev–Trinajstić information content (AvgIpc) is 3.26. The Morgan fingerprint density at radius 3 is 2.48 bits per heavy atom. The Labute approximate surface area is 189 Å². The molecule has 0 aliphatic heterocycles. The molecular formula is C23H22N6O4. The molecule has 0 aliphatic rings. The minimum Gasteiger partial charge on any atom is -0.496 e. The lowest BCUT2D eigenvalue weighted by atomic mass is 9.93. The number of rotatable bonds is 5. The molecule has 0 saturated carbocycles. The van der Waals surface area contributed by atoms with E-state index in [0.717, 1.165) is 4.68 Å². The molecule has 0 unspecified atom stereocenters. The molecule has 168 valence electrons. The third kappa shape index (κ3) is 4.36. The summed E-state index contributed by atoms with van der Waals surface area (Å²) in [5.41, 5.74) is 0.150. The summed E-state index contributed by atoms with van der Waals surface area (Å²) in [4.78, 5) is 25.8. The molecule has 0 aliphatic carbocycles. The molecule has 2 heterocycles. The van der Waals surface area contributed by atoms with Gasteiger partial charge in [-0.25, -0.2) is 4.79 Å². The summed E-state index contributed by atoms with van der Waals surface area (Å²) in [6, 6.07) is 13.6. The zero-order chi connectivity index (χ0) is 23.6. The zero-order valence-corrected chi connectivity index (χ0v) is 18.6. The van der Waals surface area contributed by atoms with E-state index in [4.69, 9.17) is 9.47 Å². The summed E-state index contributed by atoms with van der Waals surface area (Å²) in [6.07, 6.45) is 2.83. The number of ether oxygens (including phenoxy) is 2. The Bertz CT molecular complexity index is 1410. The van der Waals surface area contributed by atoms with Crippen molar-refractivity contribution in [3.8, 4) is 11.5 Å². The molecular weight excluding hydrogens is 424 g/mol. The molecule has 33 heavy (non-hydrogen) atoms. The first-order valence-corrected chi connectivity index (χ1v) is 10.1. The summed E-state index contributed by atoms with van der Waals surface area (Å²) in [7, 11) is 1.48. The third-order valence-electron chi connectivity index (χ3n) is 4.78. The van der Waals surface area contributed by atoms with E-state index in [1.807, 2.05) is 20.8 Å². The van der Waals surface area contributed by atoms with E-state index >= 15 is 0 Å². The van der Waals surface area contributed by atoms with Crippen molar-refractivity contribution in [2.75, 3.05) is 7.11 Å². The van der Waals surface area contributed by atoms with Crippen LogP contribution < -0.4 is 15.0 Å². The first kappa shape index (κ1) is 21.9. The van der Waals surface area contributed by atoms with Crippen LogP contribution in [0.15, 0.2) is 64.8 Å². The number of methoxy groups -OCH3 is 1. The van der Waals surface area contributed by atoms with Crippen LogP contribution in [0.3, 0.4) is 0 Å². The fourth-order valence-electron chi connectivity index (χ4n) is 3.12. The molecule has 0 saturated heterocycles. The molecule has 0 N–H and O–H groups in total. The highest BCUT2D eigenvalue weighted by Crippen LogP contribution is 2.22. The van der Waals surface area contributed by atoms with Crippen LogP contribution in [-0.2, 0) is 5.41 Å². The van der Waals surface area contributed by atoms with Gasteiger partial charge in [-0.2, -0.15) is 19.4 Å². The van der Waals surface area contributed by atoms with E-state index < -0.39 is 16.9 Å². The van der Waals surface area contributed by atoms with Crippen LogP contribution in [0.1, 0.15) is 42.4 Å². The summed E-state index contributed by atoms with van der Waals surface area (Å²) in [5.74, 6) is 0.255. The standard InChI is InChI=1S/C23H22N6O4/c1-23(2,3)19-20(30)29(22-26-24-14-28(22)27-19)25-13-15-9-5-7-11-17(15)33-21(31)16-10-6-8-12-18(16)32-4/h5-14H,1-4H3. The van der Waals surface area contributed by atoms with Crippen LogP contribution >= 0.6 is 0 Å². The zero-order valence-electron chi connectivity index (χ0n) is 18.6. The third-order valence-corrected chi connectivity index (χ3v) is 4.78. The van der Waals surface area contributed by atoms with Crippen LogP contribution in [0.2, 0.25) is 0 Å². The van der Waals surface area contributed by atoms with Gasteiger partial charge in [-0.05, 0) is 24.3 Å². The normalized spacial score (nSPS) is 11.8. The molecule has 0 radical (unpaired) electrons. The number of nitrogens with zero attached hydrogens (tertiary/aromatic N) is 6. The fourth-order valence-corrected chi connectivity index (χ4v) is 3.12. The molecule has 10 nitrogen and oxygen atoms in total. The minimum absolute atomic E-state index is 0.160. The smallest absolute Gasteiger partial charge is 0.347 e. The highest BCUT2D eigenvalue weighted by molar-refractivity contribution is 5.95. The predicted octanol–water partition coefficient (Wildman–Crippen LogP) is 2.69. The second-order valence-corrected chi connectivity index (χ2v) is 8.16. The Hall–Kier alpha value is -4.34. The van der Waals surface area contributed by atoms with Gasteiger partial charge >= 0.3 is 5.97 Å². The number of benzene rings is 2. The van der Waals surface area contributed by atoms with Crippen LogP contribution in [0.5, 0.6) is 11.5 Å². The maximum Gasteiger partial charge on any atom is 0.347 e. The van der Waals surface area contributed by atoms with Crippen LogP contribution in [-0.4, -0.2) is 43.8 Å². The molecule has 0 spiro atoms. The summed E-state index contributed by atoms with van der Waals surface area (Å²) < 4.78 is 13.4. The first-order chi connectivity index (χ1) is 15.8. The van der Waals surface area contributed by atoms with Crippen molar-refractivity contribution < 1.29 is 14.3 Å². The molecule has 0 amide bonds. The first-order valence-electron chi connectivity index (χ1n) is 10.1. The molecule has 4 aromatic rings. The van der Waals surface area contributed by atoms with Crippen LogP contribution in [0, 0.1) is 0 Å². The quantitative estimate of drug-likeness (QED) is 0.263. The second kappa shape index (κ2) is 8.65. The fraction of sp³-hybridized carbons (Fsp3) is 0.217. The van der Waals surface area contributed by atoms with E-state index in [9.17, 15) is 9.59 Å². The van der Waals surface area contributed by atoms with E-state index in [1.165, 1.54) is 24.2 Å². The van der Waals surface area contributed by atoms with E-state index in [0.29, 0.717) is 17.0 Å².